The van der Waals surface area contributed by atoms with Crippen molar-refractivity contribution >= 4 is 12.1 Å². The van der Waals surface area contributed by atoms with Crippen LogP contribution in [0.1, 0.15) is 41.0 Å². The summed E-state index contributed by atoms with van der Waals surface area (Å²) in [5.74, 6) is -1.01. The first-order valence-electron chi connectivity index (χ1n) is 5.89. The molecule has 0 rings (SSSR count). The fourth-order valence-electron chi connectivity index (χ4n) is 1.34. The summed E-state index contributed by atoms with van der Waals surface area (Å²) in [7, 11) is 0. The molecule has 0 aliphatic carbocycles. The Morgan fingerprint density at radius 2 is 1.78 bits per heavy atom. The average molecular weight is 261 g/mol. The van der Waals surface area contributed by atoms with E-state index in [0.717, 1.165) is 0 Å². The van der Waals surface area contributed by atoms with Gasteiger partial charge in [0, 0.05) is 6.61 Å². The van der Waals surface area contributed by atoms with Crippen LogP contribution in [0.3, 0.4) is 0 Å². The van der Waals surface area contributed by atoms with Gasteiger partial charge in [0.05, 0.1) is 18.6 Å². The maximum Gasteiger partial charge on any atom is 0.408 e. The highest BCUT2D eigenvalue weighted by atomic mass is 16.6. The zero-order chi connectivity index (χ0) is 14.4. The van der Waals surface area contributed by atoms with Crippen LogP contribution in [-0.2, 0) is 14.3 Å². The fourth-order valence-corrected chi connectivity index (χ4v) is 1.34. The molecule has 18 heavy (non-hydrogen) atoms. The first-order chi connectivity index (χ1) is 8.08. The minimum Gasteiger partial charge on any atom is -0.481 e. The molecule has 2 N–H and O–H groups in total. The van der Waals surface area contributed by atoms with Crippen molar-refractivity contribution in [3.8, 4) is 0 Å². The van der Waals surface area contributed by atoms with Gasteiger partial charge in [0.15, 0.2) is 0 Å². The Morgan fingerprint density at radius 3 is 2.17 bits per heavy atom. The van der Waals surface area contributed by atoms with Gasteiger partial charge in [0.25, 0.3) is 0 Å². The molecule has 0 aliphatic heterocycles. The molecule has 0 aromatic rings. The zero-order valence-corrected chi connectivity index (χ0v) is 11.7. The molecule has 0 saturated carbocycles. The minimum absolute atomic E-state index is 0.120. The van der Waals surface area contributed by atoms with E-state index in [4.69, 9.17) is 14.6 Å². The predicted molar refractivity (Wildman–Crippen MR) is 66.5 cm³/mol. The molecular weight excluding hydrogens is 238 g/mol. The number of hydrogen-bond donors (Lipinski definition) is 2. The molecule has 106 valence electrons. The van der Waals surface area contributed by atoms with E-state index >= 15 is 0 Å². The average Bonchev–Trinajstić information content (AvgIpc) is 2.09. The number of carboxylic acids is 1. The monoisotopic (exact) mass is 261 g/mol. The van der Waals surface area contributed by atoms with Crippen LogP contribution in [0.25, 0.3) is 0 Å². The normalized spacial score (nSPS) is 14.7. The molecule has 0 aromatic carbocycles. The summed E-state index contributed by atoms with van der Waals surface area (Å²) in [6.07, 6.45) is -0.877. The van der Waals surface area contributed by atoms with Gasteiger partial charge in [0.1, 0.15) is 5.60 Å². The largest absolute Gasteiger partial charge is 0.481 e. The van der Waals surface area contributed by atoms with Crippen LogP contribution >= 0.6 is 0 Å². The van der Waals surface area contributed by atoms with Crippen molar-refractivity contribution in [3.63, 3.8) is 0 Å². The molecule has 0 radical (unpaired) electrons. The molecule has 0 aromatic heterocycles. The van der Waals surface area contributed by atoms with Crippen LogP contribution in [0.4, 0.5) is 4.79 Å². The van der Waals surface area contributed by atoms with Crippen molar-refractivity contribution in [1.29, 1.82) is 0 Å². The van der Waals surface area contributed by atoms with E-state index in [1.165, 1.54) is 0 Å². The van der Waals surface area contributed by atoms with E-state index in [0.29, 0.717) is 6.61 Å². The Morgan fingerprint density at radius 1 is 1.22 bits per heavy atom. The quantitative estimate of drug-likeness (QED) is 0.761. The lowest BCUT2D eigenvalue weighted by molar-refractivity contribution is -0.139. The second kappa shape index (κ2) is 6.58. The summed E-state index contributed by atoms with van der Waals surface area (Å²) in [4.78, 5) is 22.4. The second-order valence-corrected chi connectivity index (χ2v) is 5.40. The van der Waals surface area contributed by atoms with Crippen LogP contribution in [0.15, 0.2) is 0 Å². The molecule has 6 heteroatoms. The van der Waals surface area contributed by atoms with E-state index < -0.39 is 23.2 Å². The number of aliphatic carboxylic acids is 1. The number of nitrogens with one attached hydrogen (secondary N) is 1. The Hall–Kier alpha value is -1.30. The van der Waals surface area contributed by atoms with Gasteiger partial charge in [-0.1, -0.05) is 0 Å². The van der Waals surface area contributed by atoms with Gasteiger partial charge in [-0.15, -0.1) is 0 Å². The second-order valence-electron chi connectivity index (χ2n) is 5.40. The highest BCUT2D eigenvalue weighted by molar-refractivity contribution is 5.72. The number of alkyl carbamates (subject to hydrolysis) is 1. The lowest BCUT2D eigenvalue weighted by Crippen LogP contribution is -2.52. The van der Waals surface area contributed by atoms with Gasteiger partial charge < -0.3 is 19.9 Å². The summed E-state index contributed by atoms with van der Waals surface area (Å²) in [6.45, 7) is 9.20. The molecule has 0 spiro atoms. The molecule has 0 aliphatic rings. The van der Waals surface area contributed by atoms with Crippen molar-refractivity contribution in [2.45, 2.75) is 52.2 Å². The zero-order valence-electron chi connectivity index (χ0n) is 11.7. The van der Waals surface area contributed by atoms with Crippen molar-refractivity contribution in [2.24, 2.45) is 0 Å². The van der Waals surface area contributed by atoms with Crippen LogP contribution < -0.4 is 5.32 Å². The number of amides is 1. The molecule has 0 fully saturated rings. The van der Waals surface area contributed by atoms with E-state index in [1.54, 1.807) is 34.6 Å². The van der Waals surface area contributed by atoms with E-state index in [-0.39, 0.29) is 13.0 Å². The molecule has 0 heterocycles. The third-order valence-electron chi connectivity index (χ3n) is 1.97. The Labute approximate surface area is 108 Å². The number of hydrogen-bond acceptors (Lipinski definition) is 4. The van der Waals surface area contributed by atoms with Gasteiger partial charge in [0.2, 0.25) is 0 Å². The Kier molecular flexibility index (Phi) is 6.11. The van der Waals surface area contributed by atoms with Crippen molar-refractivity contribution in [1.82, 2.24) is 5.32 Å². The summed E-state index contributed by atoms with van der Waals surface area (Å²) >= 11 is 0. The number of carboxylic acid groups (broad SMARTS) is 1. The predicted octanol–water partition coefficient (Wildman–Crippen LogP) is 1.78. The standard InChI is InChI=1S/C12H23NO5/c1-6-17-8-12(5,7-9(14)15)13-10(16)18-11(2,3)4/h6-8H2,1-5H3,(H,13,16)(H,14,15). The van der Waals surface area contributed by atoms with Crippen molar-refractivity contribution in [3.05, 3.63) is 0 Å². The maximum absolute atomic E-state index is 11.6. The lowest BCUT2D eigenvalue weighted by atomic mass is 9.99. The first-order valence-corrected chi connectivity index (χ1v) is 5.89. The van der Waals surface area contributed by atoms with E-state index in [9.17, 15) is 9.59 Å². The SMILES string of the molecule is CCOCC(C)(CC(=O)O)NC(=O)OC(C)(C)C. The van der Waals surface area contributed by atoms with Gasteiger partial charge >= 0.3 is 12.1 Å². The summed E-state index contributed by atoms with van der Waals surface area (Å²) in [5, 5.41) is 11.4. The highest BCUT2D eigenvalue weighted by Crippen LogP contribution is 2.13. The van der Waals surface area contributed by atoms with Crippen molar-refractivity contribution in [2.75, 3.05) is 13.2 Å². The topological polar surface area (TPSA) is 84.9 Å². The summed E-state index contributed by atoms with van der Waals surface area (Å²) in [5.41, 5.74) is -1.61. The summed E-state index contributed by atoms with van der Waals surface area (Å²) in [6, 6.07) is 0. The molecule has 0 bridgehead atoms. The molecule has 0 saturated heterocycles. The molecule has 1 amide bonds. The Bertz CT molecular complexity index is 297. The first kappa shape index (κ1) is 16.7. The third kappa shape index (κ3) is 7.89. The molecular formula is C12H23NO5. The lowest BCUT2D eigenvalue weighted by Gasteiger charge is -2.30. The Balaban J connectivity index is 4.57. The van der Waals surface area contributed by atoms with E-state index in [2.05, 4.69) is 5.32 Å². The number of ether oxygens (including phenoxy) is 2. The third-order valence-corrected chi connectivity index (χ3v) is 1.97. The van der Waals surface area contributed by atoms with E-state index in [1.807, 2.05) is 0 Å². The fraction of sp³-hybridized carbons (Fsp3) is 0.833. The van der Waals surface area contributed by atoms with Gasteiger partial charge in [-0.25, -0.2) is 4.79 Å². The minimum atomic E-state index is -1.01. The number of carbonyl (C=O) groups excluding carboxylic acids is 1. The van der Waals surface area contributed by atoms with Gasteiger partial charge in [-0.3, -0.25) is 4.79 Å². The van der Waals surface area contributed by atoms with Crippen LogP contribution in [0, 0.1) is 0 Å². The molecule has 6 nitrogen and oxygen atoms in total. The number of carbonyl (C=O) groups is 2. The smallest absolute Gasteiger partial charge is 0.408 e. The van der Waals surface area contributed by atoms with Crippen LogP contribution in [0.2, 0.25) is 0 Å². The molecule has 1 unspecified atom stereocenters. The van der Waals surface area contributed by atoms with Crippen molar-refractivity contribution < 1.29 is 24.2 Å². The maximum atomic E-state index is 11.6. The molecule has 1 atom stereocenters. The summed E-state index contributed by atoms with van der Waals surface area (Å²) < 4.78 is 10.3. The van der Waals surface area contributed by atoms with Crippen LogP contribution in [-0.4, -0.2) is 41.5 Å². The highest BCUT2D eigenvalue weighted by Gasteiger charge is 2.31. The van der Waals surface area contributed by atoms with Gasteiger partial charge in [-0.2, -0.15) is 0 Å². The number of rotatable bonds is 6. The van der Waals surface area contributed by atoms with Crippen LogP contribution in [0.5, 0.6) is 0 Å². The van der Waals surface area contributed by atoms with Gasteiger partial charge in [-0.05, 0) is 34.6 Å².